The minimum atomic E-state index is 0.860. The number of furan rings is 2. The van der Waals surface area contributed by atoms with Gasteiger partial charge in [0.05, 0.1) is 11.0 Å². The fourth-order valence-corrected chi connectivity index (χ4v) is 6.16. The predicted octanol–water partition coefficient (Wildman–Crippen LogP) is 10.3. The highest BCUT2D eigenvalue weighted by Gasteiger charge is 2.16. The third-order valence-electron chi connectivity index (χ3n) is 7.99. The maximum atomic E-state index is 6.28. The lowest BCUT2D eigenvalue weighted by Crippen LogP contribution is -1.93. The van der Waals surface area contributed by atoms with Crippen molar-refractivity contribution in [2.24, 2.45) is 0 Å². The average molecular weight is 504 g/mol. The van der Waals surface area contributed by atoms with Gasteiger partial charge in [0.15, 0.2) is 0 Å². The molecule has 0 aliphatic carbocycles. The van der Waals surface area contributed by atoms with Gasteiger partial charge in [-0.05, 0) is 78.2 Å². The summed E-state index contributed by atoms with van der Waals surface area (Å²) < 4.78 is 14.7. The van der Waals surface area contributed by atoms with E-state index in [4.69, 9.17) is 8.83 Å². The van der Waals surface area contributed by atoms with Crippen LogP contribution >= 0.6 is 0 Å². The Balaban J connectivity index is 1.33. The van der Waals surface area contributed by atoms with E-state index >= 15 is 0 Å². The number of rotatable bonds is 4. The molecule has 0 aliphatic heterocycles. The number of benzene rings is 5. The van der Waals surface area contributed by atoms with E-state index in [1.54, 1.807) is 6.08 Å². The topological polar surface area (TPSA) is 31.2 Å². The summed E-state index contributed by atoms with van der Waals surface area (Å²) in [7, 11) is 0. The summed E-state index contributed by atoms with van der Waals surface area (Å²) in [5.74, 6) is 0.860. The summed E-state index contributed by atoms with van der Waals surface area (Å²) in [6.45, 7) is 6.08. The van der Waals surface area contributed by atoms with Crippen LogP contribution in [0.3, 0.4) is 0 Å². The van der Waals surface area contributed by atoms with E-state index in [1.165, 1.54) is 27.4 Å². The minimum absolute atomic E-state index is 0.860. The van der Waals surface area contributed by atoms with E-state index in [-0.39, 0.29) is 0 Å². The van der Waals surface area contributed by atoms with E-state index in [0.717, 1.165) is 61.9 Å². The smallest absolute Gasteiger partial charge is 0.135 e. The molecule has 3 aromatic heterocycles. The van der Waals surface area contributed by atoms with Crippen molar-refractivity contribution in [3.63, 3.8) is 0 Å². The normalized spacial score (nSPS) is 11.9. The van der Waals surface area contributed by atoms with Crippen LogP contribution in [0.5, 0.6) is 0 Å². The van der Waals surface area contributed by atoms with Crippen LogP contribution in [0.1, 0.15) is 18.2 Å². The Morgan fingerprint density at radius 1 is 0.615 bits per heavy atom. The van der Waals surface area contributed by atoms with Crippen LogP contribution < -0.4 is 0 Å². The SMILES string of the molecule is C=Cc1oc2ccc(-c3ccc4oc5ccc(-n6c7ccccc7c7ccccc76)cc5c4c3)cc2c1CC. The minimum Gasteiger partial charge on any atom is -0.456 e. The number of hydrogen-bond acceptors (Lipinski definition) is 2. The number of fused-ring (bicyclic) bond motifs is 7. The molecule has 0 unspecified atom stereocenters. The summed E-state index contributed by atoms with van der Waals surface area (Å²) >= 11 is 0. The van der Waals surface area contributed by atoms with Crippen LogP contribution in [0, 0.1) is 0 Å². The summed E-state index contributed by atoms with van der Waals surface area (Å²) in [5.41, 5.74) is 9.71. The molecule has 186 valence electrons. The maximum Gasteiger partial charge on any atom is 0.135 e. The molecule has 0 N–H and O–H groups in total. The molecule has 0 saturated heterocycles. The summed E-state index contributed by atoms with van der Waals surface area (Å²) in [4.78, 5) is 0. The lowest BCUT2D eigenvalue weighted by atomic mass is 9.99. The standard InChI is InChI=1S/C36H25NO2/c1-3-25-28-19-22(13-16-34(28)38-33(25)4-2)23-14-17-35-29(20-23)30-21-24(15-18-36(30)39-35)37-31-11-7-5-9-26(31)27-10-6-8-12-32(27)37/h4-21H,2-3H2,1H3. The van der Waals surface area contributed by atoms with Crippen molar-refractivity contribution >= 4 is 60.8 Å². The number of hydrogen-bond donors (Lipinski definition) is 0. The quantitative estimate of drug-likeness (QED) is 0.239. The molecule has 39 heavy (non-hydrogen) atoms. The second kappa shape index (κ2) is 8.24. The molecule has 0 spiro atoms. The molecular formula is C36H25NO2. The first-order valence-electron chi connectivity index (χ1n) is 13.4. The number of aryl methyl sites for hydroxylation is 1. The zero-order valence-electron chi connectivity index (χ0n) is 21.6. The molecule has 0 radical (unpaired) electrons. The third-order valence-corrected chi connectivity index (χ3v) is 7.99. The Hall–Kier alpha value is -5.02. The molecule has 5 aromatic carbocycles. The van der Waals surface area contributed by atoms with Crippen molar-refractivity contribution in [1.82, 2.24) is 4.57 Å². The highest BCUT2D eigenvalue weighted by molar-refractivity contribution is 6.11. The van der Waals surface area contributed by atoms with Gasteiger partial charge in [-0.1, -0.05) is 62.0 Å². The molecule has 8 rings (SSSR count). The van der Waals surface area contributed by atoms with Crippen LogP contribution in [0.15, 0.2) is 119 Å². The zero-order valence-corrected chi connectivity index (χ0v) is 21.6. The fourth-order valence-electron chi connectivity index (χ4n) is 6.16. The monoisotopic (exact) mass is 503 g/mol. The molecule has 8 aromatic rings. The Morgan fingerprint density at radius 2 is 1.18 bits per heavy atom. The van der Waals surface area contributed by atoms with Gasteiger partial charge in [0.2, 0.25) is 0 Å². The van der Waals surface area contributed by atoms with E-state index in [0.29, 0.717) is 0 Å². The first-order valence-corrected chi connectivity index (χ1v) is 13.4. The van der Waals surface area contributed by atoms with Crippen molar-refractivity contribution in [3.05, 3.63) is 121 Å². The highest BCUT2D eigenvalue weighted by Crippen LogP contribution is 2.38. The van der Waals surface area contributed by atoms with Crippen molar-refractivity contribution in [2.45, 2.75) is 13.3 Å². The molecule has 0 amide bonds. The van der Waals surface area contributed by atoms with Crippen molar-refractivity contribution < 1.29 is 8.83 Å². The van der Waals surface area contributed by atoms with Crippen LogP contribution in [0.25, 0.3) is 77.6 Å². The molecule has 0 atom stereocenters. The van der Waals surface area contributed by atoms with E-state index in [2.05, 4.69) is 121 Å². The van der Waals surface area contributed by atoms with Crippen molar-refractivity contribution in [2.75, 3.05) is 0 Å². The van der Waals surface area contributed by atoms with E-state index in [1.807, 2.05) is 0 Å². The lowest BCUT2D eigenvalue weighted by Gasteiger charge is -2.08. The van der Waals surface area contributed by atoms with E-state index in [9.17, 15) is 0 Å². The second-order valence-corrected chi connectivity index (χ2v) is 10.1. The van der Waals surface area contributed by atoms with Crippen LogP contribution in [0.4, 0.5) is 0 Å². The zero-order chi connectivity index (χ0) is 26.1. The van der Waals surface area contributed by atoms with Gasteiger partial charge in [0.25, 0.3) is 0 Å². The summed E-state index contributed by atoms with van der Waals surface area (Å²) in [6.07, 6.45) is 2.70. The van der Waals surface area contributed by atoms with Gasteiger partial charge in [-0.2, -0.15) is 0 Å². The molecule has 0 bridgehead atoms. The Labute approximate surface area is 225 Å². The maximum absolute atomic E-state index is 6.28. The van der Waals surface area contributed by atoms with Crippen LogP contribution in [-0.4, -0.2) is 4.57 Å². The molecule has 3 nitrogen and oxygen atoms in total. The van der Waals surface area contributed by atoms with Gasteiger partial charge in [-0.15, -0.1) is 0 Å². The largest absolute Gasteiger partial charge is 0.456 e. The lowest BCUT2D eigenvalue weighted by molar-refractivity contribution is 0.599. The van der Waals surface area contributed by atoms with Gasteiger partial charge in [0.1, 0.15) is 22.5 Å². The molecule has 0 saturated carbocycles. The van der Waals surface area contributed by atoms with E-state index < -0.39 is 0 Å². The molecular weight excluding hydrogens is 478 g/mol. The van der Waals surface area contributed by atoms with Crippen LogP contribution in [-0.2, 0) is 6.42 Å². The second-order valence-electron chi connectivity index (χ2n) is 10.1. The number of para-hydroxylation sites is 2. The van der Waals surface area contributed by atoms with Gasteiger partial charge in [-0.3, -0.25) is 0 Å². The third kappa shape index (κ3) is 3.17. The van der Waals surface area contributed by atoms with Crippen molar-refractivity contribution in [1.29, 1.82) is 0 Å². The first kappa shape index (κ1) is 22.0. The Morgan fingerprint density at radius 3 is 1.82 bits per heavy atom. The van der Waals surface area contributed by atoms with Gasteiger partial charge < -0.3 is 13.4 Å². The molecule has 0 aliphatic rings. The molecule has 0 fully saturated rings. The molecule has 3 heteroatoms. The predicted molar refractivity (Wildman–Crippen MR) is 163 cm³/mol. The van der Waals surface area contributed by atoms with Crippen molar-refractivity contribution in [3.8, 4) is 16.8 Å². The average Bonchev–Trinajstić information content (AvgIpc) is 3.65. The Kier molecular flexibility index (Phi) is 4.65. The number of aromatic nitrogens is 1. The van der Waals surface area contributed by atoms with Crippen LogP contribution in [0.2, 0.25) is 0 Å². The Bertz CT molecular complexity index is 2180. The van der Waals surface area contributed by atoms with Gasteiger partial charge >= 0.3 is 0 Å². The summed E-state index contributed by atoms with van der Waals surface area (Å²) in [5, 5.41) is 5.89. The van der Waals surface area contributed by atoms with Gasteiger partial charge in [0, 0.05) is 38.2 Å². The fraction of sp³-hybridized carbons (Fsp3) is 0.0556. The molecule has 3 heterocycles. The first-order chi connectivity index (χ1) is 19.2. The summed E-state index contributed by atoms with van der Waals surface area (Å²) in [6, 6.07) is 36.6. The highest BCUT2D eigenvalue weighted by atomic mass is 16.3. The number of nitrogens with zero attached hydrogens (tertiary/aromatic N) is 1. The van der Waals surface area contributed by atoms with Gasteiger partial charge in [-0.25, -0.2) is 0 Å².